The molecule has 76 valence electrons. The van der Waals surface area contributed by atoms with Crippen LogP contribution in [-0.2, 0) is 0 Å². The molecule has 1 nitrogen and oxygen atoms in total. The first-order valence-corrected chi connectivity index (χ1v) is 5.32. The van der Waals surface area contributed by atoms with Gasteiger partial charge in [-0.05, 0) is 25.0 Å². The highest BCUT2D eigenvalue weighted by Crippen LogP contribution is 2.07. The predicted octanol–water partition coefficient (Wildman–Crippen LogP) is 4.36. The molecule has 0 aromatic rings. The summed E-state index contributed by atoms with van der Waals surface area (Å²) in [4.78, 5) is 0. The number of allylic oxidation sites excluding steroid dienone is 2. The van der Waals surface area contributed by atoms with E-state index in [1.54, 1.807) is 0 Å². The summed E-state index contributed by atoms with van der Waals surface area (Å²) in [6.45, 7) is 5.71. The van der Waals surface area contributed by atoms with Crippen LogP contribution in [0.15, 0.2) is 24.5 Å². The number of aliphatic hydroxyl groups excluding tert-OH is 1. The van der Waals surface area contributed by atoms with Gasteiger partial charge in [0.25, 0.3) is 0 Å². The normalized spacial score (nSPS) is 11.6. The second-order valence-electron chi connectivity index (χ2n) is 3.39. The molecular weight excluding hydrogens is 160 g/mol. The molecule has 1 heteroatoms. The van der Waals surface area contributed by atoms with Gasteiger partial charge < -0.3 is 5.11 Å². The average molecular weight is 182 g/mol. The quantitative estimate of drug-likeness (QED) is 0.336. The van der Waals surface area contributed by atoms with Crippen LogP contribution >= 0.6 is 0 Å². The van der Waals surface area contributed by atoms with Crippen LogP contribution in [0.2, 0.25) is 0 Å². The molecule has 0 aromatic carbocycles. The summed E-state index contributed by atoms with van der Waals surface area (Å²) in [5.41, 5.74) is 0. The van der Waals surface area contributed by atoms with Crippen LogP contribution in [0.5, 0.6) is 0 Å². The van der Waals surface area contributed by atoms with Crippen molar-refractivity contribution in [2.45, 2.75) is 51.9 Å². The largest absolute Gasteiger partial charge is 0.508 e. The highest BCUT2D eigenvalue weighted by molar-refractivity contribution is 5.05. The van der Waals surface area contributed by atoms with Gasteiger partial charge in [-0.1, -0.05) is 45.6 Å². The molecule has 0 aromatic heterocycles. The average Bonchev–Trinajstić information content (AvgIpc) is 2.16. The number of unbranched alkanes of at least 4 members (excludes halogenated alkanes) is 6. The van der Waals surface area contributed by atoms with Crippen molar-refractivity contribution in [2.75, 3.05) is 0 Å². The fourth-order valence-corrected chi connectivity index (χ4v) is 1.26. The van der Waals surface area contributed by atoms with Gasteiger partial charge in [-0.2, -0.15) is 0 Å². The van der Waals surface area contributed by atoms with Gasteiger partial charge in [0.1, 0.15) is 5.76 Å². The SMILES string of the molecule is C=CC(O)=CCCCCCCCC. The summed E-state index contributed by atoms with van der Waals surface area (Å²) in [6.07, 6.45) is 12.1. The second kappa shape index (κ2) is 9.37. The van der Waals surface area contributed by atoms with E-state index in [1.807, 2.05) is 6.08 Å². The zero-order valence-electron chi connectivity index (χ0n) is 8.76. The van der Waals surface area contributed by atoms with E-state index in [9.17, 15) is 0 Å². The Kier molecular flexibility index (Phi) is 8.85. The van der Waals surface area contributed by atoms with Crippen molar-refractivity contribution < 1.29 is 5.11 Å². The molecule has 0 bridgehead atoms. The molecule has 1 N–H and O–H groups in total. The van der Waals surface area contributed by atoms with E-state index in [4.69, 9.17) is 5.11 Å². The van der Waals surface area contributed by atoms with E-state index >= 15 is 0 Å². The number of hydrogen-bond donors (Lipinski definition) is 1. The third-order valence-electron chi connectivity index (χ3n) is 2.12. The van der Waals surface area contributed by atoms with Crippen LogP contribution in [0.25, 0.3) is 0 Å². The highest BCUT2D eigenvalue weighted by Gasteiger charge is 1.89. The van der Waals surface area contributed by atoms with Crippen LogP contribution in [0.3, 0.4) is 0 Å². The zero-order chi connectivity index (χ0) is 9.94. The summed E-state index contributed by atoms with van der Waals surface area (Å²) in [5.74, 6) is 0.313. The van der Waals surface area contributed by atoms with Crippen molar-refractivity contribution in [3.63, 3.8) is 0 Å². The van der Waals surface area contributed by atoms with E-state index < -0.39 is 0 Å². The Bertz CT molecular complexity index is 147. The number of rotatable bonds is 8. The van der Waals surface area contributed by atoms with Crippen molar-refractivity contribution in [2.24, 2.45) is 0 Å². The van der Waals surface area contributed by atoms with E-state index in [0.29, 0.717) is 5.76 Å². The first-order chi connectivity index (χ1) is 6.31. The van der Waals surface area contributed by atoms with Crippen molar-refractivity contribution >= 4 is 0 Å². The predicted molar refractivity (Wildman–Crippen MR) is 58.9 cm³/mol. The van der Waals surface area contributed by atoms with Gasteiger partial charge >= 0.3 is 0 Å². The van der Waals surface area contributed by atoms with Crippen LogP contribution in [0, 0.1) is 0 Å². The summed E-state index contributed by atoms with van der Waals surface area (Å²) < 4.78 is 0. The Balaban J connectivity index is 3.12. The molecule has 0 saturated heterocycles. The van der Waals surface area contributed by atoms with Gasteiger partial charge in [-0.25, -0.2) is 0 Å². The standard InChI is InChI=1S/C12H22O/c1-3-5-6-7-8-9-10-11-12(13)4-2/h4,11,13H,2-3,5-10H2,1H3. The zero-order valence-corrected chi connectivity index (χ0v) is 8.76. The summed E-state index contributed by atoms with van der Waals surface area (Å²) >= 11 is 0. The van der Waals surface area contributed by atoms with E-state index in [1.165, 1.54) is 44.6 Å². The van der Waals surface area contributed by atoms with Gasteiger partial charge in [0.15, 0.2) is 0 Å². The van der Waals surface area contributed by atoms with Crippen molar-refractivity contribution in [3.05, 3.63) is 24.5 Å². The van der Waals surface area contributed by atoms with Crippen LogP contribution < -0.4 is 0 Å². The number of aliphatic hydroxyl groups is 1. The Morgan fingerprint density at radius 2 is 1.77 bits per heavy atom. The maximum Gasteiger partial charge on any atom is 0.111 e. The van der Waals surface area contributed by atoms with E-state index in [0.717, 1.165) is 6.42 Å². The lowest BCUT2D eigenvalue weighted by Gasteiger charge is -1.97. The molecule has 0 unspecified atom stereocenters. The third-order valence-corrected chi connectivity index (χ3v) is 2.12. The summed E-state index contributed by atoms with van der Waals surface area (Å²) in [5, 5.41) is 9.04. The lowest BCUT2D eigenvalue weighted by molar-refractivity contribution is 0.429. The Hall–Kier alpha value is -0.720. The Morgan fingerprint density at radius 1 is 1.15 bits per heavy atom. The maximum atomic E-state index is 9.04. The van der Waals surface area contributed by atoms with Crippen LogP contribution in [0.1, 0.15) is 51.9 Å². The van der Waals surface area contributed by atoms with E-state index in [-0.39, 0.29) is 0 Å². The van der Waals surface area contributed by atoms with Crippen LogP contribution in [-0.4, -0.2) is 5.11 Å². The van der Waals surface area contributed by atoms with Gasteiger partial charge in [0.2, 0.25) is 0 Å². The van der Waals surface area contributed by atoms with Gasteiger partial charge in [0.05, 0.1) is 0 Å². The smallest absolute Gasteiger partial charge is 0.111 e. The highest BCUT2D eigenvalue weighted by atomic mass is 16.3. The molecule has 0 atom stereocenters. The lowest BCUT2D eigenvalue weighted by Crippen LogP contribution is -1.79. The monoisotopic (exact) mass is 182 g/mol. The molecular formula is C12H22O. The lowest BCUT2D eigenvalue weighted by atomic mass is 10.1. The molecule has 13 heavy (non-hydrogen) atoms. The van der Waals surface area contributed by atoms with Gasteiger partial charge in [-0.3, -0.25) is 0 Å². The first-order valence-electron chi connectivity index (χ1n) is 5.32. The molecule has 0 amide bonds. The minimum Gasteiger partial charge on any atom is -0.508 e. The molecule has 0 spiro atoms. The molecule has 0 fully saturated rings. The summed E-state index contributed by atoms with van der Waals surface area (Å²) in [7, 11) is 0. The second-order valence-corrected chi connectivity index (χ2v) is 3.39. The van der Waals surface area contributed by atoms with Crippen molar-refractivity contribution in [3.8, 4) is 0 Å². The summed E-state index contributed by atoms with van der Waals surface area (Å²) in [6, 6.07) is 0. The Morgan fingerprint density at radius 3 is 2.38 bits per heavy atom. The molecule has 0 radical (unpaired) electrons. The molecule has 0 aliphatic rings. The number of hydrogen-bond acceptors (Lipinski definition) is 1. The van der Waals surface area contributed by atoms with Crippen molar-refractivity contribution in [1.82, 2.24) is 0 Å². The fourth-order valence-electron chi connectivity index (χ4n) is 1.26. The molecule has 0 rings (SSSR count). The van der Waals surface area contributed by atoms with Crippen molar-refractivity contribution in [1.29, 1.82) is 0 Å². The maximum absolute atomic E-state index is 9.04. The van der Waals surface area contributed by atoms with Gasteiger partial charge in [-0.15, -0.1) is 0 Å². The fraction of sp³-hybridized carbons (Fsp3) is 0.667. The third kappa shape index (κ3) is 9.19. The van der Waals surface area contributed by atoms with Crippen LogP contribution in [0.4, 0.5) is 0 Å². The molecule has 0 aliphatic carbocycles. The molecule has 0 heterocycles. The molecule has 0 saturated carbocycles. The first kappa shape index (κ1) is 12.3. The minimum absolute atomic E-state index is 0.313. The minimum atomic E-state index is 0.313. The van der Waals surface area contributed by atoms with E-state index in [2.05, 4.69) is 13.5 Å². The van der Waals surface area contributed by atoms with Gasteiger partial charge in [0, 0.05) is 0 Å². The molecule has 0 aliphatic heterocycles. The topological polar surface area (TPSA) is 20.2 Å². The Labute approximate surface area is 82.2 Å².